The van der Waals surface area contributed by atoms with Gasteiger partial charge in [-0.2, -0.15) is 0 Å². The summed E-state index contributed by atoms with van der Waals surface area (Å²) in [5, 5.41) is 0. The lowest BCUT2D eigenvalue weighted by molar-refractivity contribution is 0.0111. The summed E-state index contributed by atoms with van der Waals surface area (Å²) < 4.78 is 83.1. The summed E-state index contributed by atoms with van der Waals surface area (Å²) in [5.74, 6) is 7.28. The maximum atomic E-state index is 13.4. The average Bonchev–Trinajstić information content (AvgIpc) is 0.807. The Hall–Kier alpha value is -7.40. The molecule has 0 radical (unpaired) electrons. The lowest BCUT2D eigenvalue weighted by atomic mass is 9.68. The van der Waals surface area contributed by atoms with Crippen LogP contribution < -0.4 is 9.47 Å². The molecule has 7 aromatic carbocycles. The van der Waals surface area contributed by atoms with Crippen molar-refractivity contribution in [3.63, 3.8) is 0 Å². The number of benzene rings is 7. The van der Waals surface area contributed by atoms with Gasteiger partial charge in [0.25, 0.3) is 0 Å². The first-order valence-electron chi connectivity index (χ1n) is 49.4. The number of esters is 3. The van der Waals surface area contributed by atoms with Crippen molar-refractivity contribution >= 4 is 17.9 Å². The third kappa shape index (κ3) is 31.8. The van der Waals surface area contributed by atoms with Gasteiger partial charge in [-0.1, -0.05) is 241 Å². The molecule has 0 atom stereocenters. The van der Waals surface area contributed by atoms with Crippen molar-refractivity contribution in [2.45, 2.75) is 364 Å². The number of carbonyl (C=O) groups excluding carboxylic acids is 3. The summed E-state index contributed by atoms with van der Waals surface area (Å²) >= 11 is 0. The first-order chi connectivity index (χ1) is 59.7. The first kappa shape index (κ1) is 101. The number of hydrogen-bond acceptors (Lipinski definition) is 6. The summed E-state index contributed by atoms with van der Waals surface area (Å²) in [6.45, 7) is 30.0. The Bertz CT molecular complexity index is 4070. The maximum absolute atomic E-state index is 13.4. The Balaban J connectivity index is 0.000000188. The highest BCUT2D eigenvalue weighted by Crippen LogP contribution is 2.48. The number of hydrogen-bond donors (Lipinski definition) is 0. The zero-order chi connectivity index (χ0) is 88.7. The summed E-state index contributed by atoms with van der Waals surface area (Å²) in [5.41, 5.74) is 9.96. The summed E-state index contributed by atoms with van der Waals surface area (Å²) in [6, 6.07) is 46.1. The SMILES string of the molecule is CC.CC.CC.CCC1CCC(C2CCC(c3cc(F)c(F)c(F)c3)CC2)CC1.CCC1CCC(C2CCC(c3ccc(F)c(F)c3)CC2)CC1.CCc1ccc(C(=O)OC2CCC(C3CCC(C)CC3)CC2)cc1.CCc1ccc(C(=O)Oc2ccc(C3CCC(C)CC3)cc2)cc1.CCc1ccc(OC(=O)c2ccc(C3CCC(C)CC3)cc2)cc1. The number of halogens is 5. The lowest BCUT2D eigenvalue weighted by Crippen LogP contribution is -2.29. The van der Waals surface area contributed by atoms with Crippen molar-refractivity contribution in [2.24, 2.45) is 65.1 Å². The van der Waals surface area contributed by atoms with Gasteiger partial charge in [0.05, 0.1) is 16.7 Å². The largest absolute Gasteiger partial charge is 0.459 e. The molecule has 0 unspecified atom stereocenters. The van der Waals surface area contributed by atoms with Gasteiger partial charge >= 0.3 is 17.9 Å². The second-order valence-corrected chi connectivity index (χ2v) is 37.0. The molecule has 15 rings (SSSR count). The third-order valence-electron chi connectivity index (χ3n) is 29.4. The van der Waals surface area contributed by atoms with E-state index in [0.29, 0.717) is 51.5 Å². The molecule has 0 amide bonds. The first-order valence-corrected chi connectivity index (χ1v) is 49.4. The van der Waals surface area contributed by atoms with Crippen LogP contribution in [0.2, 0.25) is 0 Å². The van der Waals surface area contributed by atoms with Gasteiger partial charge in [-0.15, -0.1) is 0 Å². The Morgan fingerprint density at radius 3 is 0.886 bits per heavy atom. The molecule has 8 aliphatic carbocycles. The monoisotopic (exact) mass is 1690 g/mol. The molecule has 123 heavy (non-hydrogen) atoms. The molecule has 8 saturated carbocycles. The molecule has 7 aromatic rings. The Morgan fingerprint density at radius 1 is 0.276 bits per heavy atom. The highest BCUT2D eigenvalue weighted by atomic mass is 19.2. The molecule has 0 bridgehead atoms. The second-order valence-electron chi connectivity index (χ2n) is 37.0. The van der Waals surface area contributed by atoms with E-state index in [1.807, 2.05) is 139 Å². The van der Waals surface area contributed by atoms with E-state index in [1.165, 1.54) is 219 Å². The van der Waals surface area contributed by atoms with Gasteiger partial charge in [0.1, 0.15) is 17.6 Å². The molecule has 0 spiro atoms. The zero-order valence-electron chi connectivity index (χ0n) is 78.2. The highest BCUT2D eigenvalue weighted by Gasteiger charge is 2.36. The van der Waals surface area contributed by atoms with Gasteiger partial charge in [0.15, 0.2) is 29.1 Å². The Labute approximate surface area is 741 Å². The van der Waals surface area contributed by atoms with Crippen molar-refractivity contribution in [3.8, 4) is 11.5 Å². The molecule has 0 saturated heterocycles. The number of aryl methyl sites for hydroxylation is 3. The van der Waals surface area contributed by atoms with E-state index in [-0.39, 0.29) is 29.9 Å². The van der Waals surface area contributed by atoms with E-state index in [0.717, 1.165) is 141 Å². The molecule has 0 aliphatic heterocycles. The van der Waals surface area contributed by atoms with Gasteiger partial charge < -0.3 is 14.2 Å². The quantitative estimate of drug-likeness (QED) is 0.0369. The topological polar surface area (TPSA) is 78.9 Å². The molecule has 0 heterocycles. The average molecular weight is 1690 g/mol. The predicted molar refractivity (Wildman–Crippen MR) is 501 cm³/mol. The maximum Gasteiger partial charge on any atom is 0.343 e. The van der Waals surface area contributed by atoms with Crippen LogP contribution in [-0.4, -0.2) is 24.0 Å². The van der Waals surface area contributed by atoms with Crippen LogP contribution in [0.25, 0.3) is 0 Å². The van der Waals surface area contributed by atoms with Crippen LogP contribution in [0, 0.1) is 94.2 Å². The van der Waals surface area contributed by atoms with E-state index in [1.54, 1.807) is 6.07 Å². The Morgan fingerprint density at radius 2 is 0.537 bits per heavy atom. The van der Waals surface area contributed by atoms with Crippen LogP contribution in [0.1, 0.15) is 409 Å². The fraction of sp³-hybridized carbons (Fsp3) is 0.598. The summed E-state index contributed by atoms with van der Waals surface area (Å²) in [6.07, 6.45) is 46.5. The second kappa shape index (κ2) is 53.9. The summed E-state index contributed by atoms with van der Waals surface area (Å²) in [4.78, 5) is 36.8. The van der Waals surface area contributed by atoms with E-state index in [4.69, 9.17) is 14.2 Å². The van der Waals surface area contributed by atoms with Gasteiger partial charge in [0, 0.05) is 0 Å². The van der Waals surface area contributed by atoms with Crippen molar-refractivity contribution < 1.29 is 50.5 Å². The molecule has 6 nitrogen and oxygen atoms in total. The van der Waals surface area contributed by atoms with Crippen LogP contribution in [-0.2, 0) is 24.0 Å². The van der Waals surface area contributed by atoms with Gasteiger partial charge in [-0.3, -0.25) is 0 Å². The standard InChI is InChI=1S/C22H26O2.C22H32O2.C22H26O2.C20H27F3.C20H28F2.3C2H6/c1-3-17-6-14-21(15-7-17)24-22(23)20-12-10-19(11-13-20)18-8-4-16(2)5-9-18;2*1-3-17-6-10-20(11-7-17)22(23)24-21-14-12-19(13-15-21)18-8-4-16(2)5-9-18;1-2-13-3-5-14(6-4-13)15-7-9-16(10-8-15)17-11-18(21)20(23)19(22)12-17;1-2-14-3-5-15(6-4-14)16-7-9-17(10-8-16)18-11-12-19(21)20(22)13-18;3*1-2/h6-7,10-16,18H,3-5,8-9H2,1-2H3;6-7,10-11,16,18-19,21H,3-5,8-9,12-15H2,1-2H3;6-7,10-16,18H,3-5,8-9H2,1-2H3;11-16H,2-10H2,1H3;11-17H,2-10H2,1H3;3*1-2H3. The lowest BCUT2D eigenvalue weighted by Gasteiger charge is -2.38. The van der Waals surface area contributed by atoms with E-state index < -0.39 is 29.1 Å². The van der Waals surface area contributed by atoms with Crippen molar-refractivity contribution in [1.82, 2.24) is 0 Å². The van der Waals surface area contributed by atoms with Crippen molar-refractivity contribution in [1.29, 1.82) is 0 Å². The van der Waals surface area contributed by atoms with Crippen LogP contribution in [0.3, 0.4) is 0 Å². The van der Waals surface area contributed by atoms with Crippen LogP contribution in [0.5, 0.6) is 11.5 Å². The number of carbonyl (C=O) groups is 3. The third-order valence-corrected chi connectivity index (χ3v) is 29.4. The van der Waals surface area contributed by atoms with E-state index >= 15 is 0 Å². The van der Waals surface area contributed by atoms with E-state index in [9.17, 15) is 36.3 Å². The van der Waals surface area contributed by atoms with Crippen LogP contribution in [0.4, 0.5) is 22.0 Å². The molecule has 8 fully saturated rings. The van der Waals surface area contributed by atoms with Gasteiger partial charge in [0.2, 0.25) is 0 Å². The normalized spacial score (nSPS) is 26.0. The fourth-order valence-corrected chi connectivity index (χ4v) is 21.0. The molecule has 0 N–H and O–H groups in total. The molecule has 676 valence electrons. The highest BCUT2D eigenvalue weighted by molar-refractivity contribution is 5.92. The minimum atomic E-state index is -1.35. The minimum Gasteiger partial charge on any atom is -0.459 e. The zero-order valence-corrected chi connectivity index (χ0v) is 78.2. The molecule has 0 aromatic heterocycles. The van der Waals surface area contributed by atoms with Gasteiger partial charge in [-0.05, 0) is 373 Å². The number of rotatable bonds is 18. The summed E-state index contributed by atoms with van der Waals surface area (Å²) in [7, 11) is 0. The van der Waals surface area contributed by atoms with Crippen molar-refractivity contribution in [3.05, 3.63) is 236 Å². The molecular weight excluding hydrogens is 1540 g/mol. The van der Waals surface area contributed by atoms with Crippen LogP contribution >= 0.6 is 0 Å². The smallest absolute Gasteiger partial charge is 0.343 e. The Kier molecular flexibility index (Phi) is 44.3. The fourth-order valence-electron chi connectivity index (χ4n) is 21.0. The van der Waals surface area contributed by atoms with E-state index in [2.05, 4.69) is 79.7 Å². The van der Waals surface area contributed by atoms with Crippen LogP contribution in [0.15, 0.2) is 152 Å². The predicted octanol–water partition coefficient (Wildman–Crippen LogP) is 33.4. The molecule has 8 aliphatic rings. The number of ether oxygens (including phenoxy) is 3. The minimum absolute atomic E-state index is 0.127. The van der Waals surface area contributed by atoms with Gasteiger partial charge in [-0.25, -0.2) is 36.3 Å². The molecular formula is C112H157F5O6. The molecule has 11 heteroatoms. The van der Waals surface area contributed by atoms with Crippen molar-refractivity contribution in [2.75, 3.05) is 0 Å².